The summed E-state index contributed by atoms with van der Waals surface area (Å²) in [6.45, 7) is 5.05. The Balaban J connectivity index is 1.86. The van der Waals surface area contributed by atoms with Gasteiger partial charge in [0.05, 0.1) is 6.54 Å². The lowest BCUT2D eigenvalue weighted by molar-refractivity contribution is -0.117. The van der Waals surface area contributed by atoms with Crippen molar-refractivity contribution in [3.63, 3.8) is 0 Å². The van der Waals surface area contributed by atoms with E-state index in [9.17, 15) is 4.79 Å². The van der Waals surface area contributed by atoms with Gasteiger partial charge in [0.25, 0.3) is 0 Å². The molecule has 3 N–H and O–H groups in total. The first-order valence-corrected chi connectivity index (χ1v) is 6.86. The molecule has 0 radical (unpaired) electrons. The number of nitrogens with zero attached hydrogens (tertiary/aromatic N) is 1. The molecule has 0 spiro atoms. The van der Waals surface area contributed by atoms with Crippen LogP contribution in [0.25, 0.3) is 0 Å². The third-order valence-electron chi connectivity index (χ3n) is 3.61. The molecule has 19 heavy (non-hydrogen) atoms. The summed E-state index contributed by atoms with van der Waals surface area (Å²) in [5.41, 5.74) is 6.64. The molecule has 104 valence electrons. The molecular weight excluding hydrogens is 262 g/mol. The molecular formula is C14H20ClN3O. The van der Waals surface area contributed by atoms with E-state index in [1.165, 1.54) is 0 Å². The Kier molecular flexibility index (Phi) is 4.45. The Labute approximate surface area is 118 Å². The van der Waals surface area contributed by atoms with E-state index in [-0.39, 0.29) is 11.3 Å². The molecule has 0 aliphatic carbocycles. The molecule has 1 aromatic carbocycles. The topological polar surface area (TPSA) is 58.4 Å². The number of nitrogens with one attached hydrogen (secondary N) is 1. The molecule has 2 rings (SSSR count). The smallest absolute Gasteiger partial charge is 0.238 e. The van der Waals surface area contributed by atoms with Gasteiger partial charge in [0, 0.05) is 17.3 Å². The van der Waals surface area contributed by atoms with Gasteiger partial charge in [-0.05, 0) is 43.1 Å². The van der Waals surface area contributed by atoms with E-state index >= 15 is 0 Å². The highest BCUT2D eigenvalue weighted by Gasteiger charge is 2.32. The minimum atomic E-state index is -0.0106. The lowest BCUT2D eigenvalue weighted by Gasteiger charge is -2.22. The summed E-state index contributed by atoms with van der Waals surface area (Å²) in [5, 5.41) is 3.48. The fourth-order valence-electron chi connectivity index (χ4n) is 2.40. The number of carbonyl (C=O) groups is 1. The van der Waals surface area contributed by atoms with Gasteiger partial charge < -0.3 is 11.1 Å². The molecule has 0 aromatic heterocycles. The molecule has 1 atom stereocenters. The quantitative estimate of drug-likeness (QED) is 0.887. The zero-order valence-corrected chi connectivity index (χ0v) is 11.9. The summed E-state index contributed by atoms with van der Waals surface area (Å²) >= 11 is 5.88. The number of carbonyl (C=O) groups excluding carboxylic acids is 1. The van der Waals surface area contributed by atoms with E-state index in [1.54, 1.807) is 12.1 Å². The normalized spacial score (nSPS) is 23.5. The summed E-state index contributed by atoms with van der Waals surface area (Å²) in [6.07, 6.45) is 1.05. The van der Waals surface area contributed by atoms with Crippen LogP contribution in [0.2, 0.25) is 5.02 Å². The number of likely N-dealkylation sites (tertiary alicyclic amines) is 1. The van der Waals surface area contributed by atoms with E-state index in [2.05, 4.69) is 17.1 Å². The van der Waals surface area contributed by atoms with Crippen LogP contribution in [0.15, 0.2) is 24.3 Å². The Morgan fingerprint density at radius 2 is 2.37 bits per heavy atom. The van der Waals surface area contributed by atoms with Crippen LogP contribution in [0.3, 0.4) is 0 Å². The number of hydrogen-bond donors (Lipinski definition) is 2. The van der Waals surface area contributed by atoms with Gasteiger partial charge >= 0.3 is 0 Å². The van der Waals surface area contributed by atoms with Gasteiger partial charge in [-0.15, -0.1) is 0 Å². The summed E-state index contributed by atoms with van der Waals surface area (Å²) in [6, 6.07) is 7.18. The van der Waals surface area contributed by atoms with Crippen molar-refractivity contribution >= 4 is 23.2 Å². The fourth-order valence-corrected chi connectivity index (χ4v) is 2.59. The van der Waals surface area contributed by atoms with Gasteiger partial charge in [0.15, 0.2) is 0 Å². The van der Waals surface area contributed by atoms with Crippen LogP contribution in [0.4, 0.5) is 5.69 Å². The highest BCUT2D eigenvalue weighted by atomic mass is 35.5. The number of benzene rings is 1. The minimum absolute atomic E-state index is 0.0106. The molecule has 1 unspecified atom stereocenters. The minimum Gasteiger partial charge on any atom is -0.330 e. The third kappa shape index (κ3) is 3.93. The fraction of sp³-hybridized carbons (Fsp3) is 0.500. The molecule has 1 aromatic rings. The number of anilines is 1. The molecule has 1 aliphatic rings. The Hall–Kier alpha value is -1.10. The number of halogens is 1. The molecule has 4 nitrogen and oxygen atoms in total. The molecule has 1 amide bonds. The third-order valence-corrected chi connectivity index (χ3v) is 3.84. The van der Waals surface area contributed by atoms with Gasteiger partial charge in [-0.25, -0.2) is 0 Å². The van der Waals surface area contributed by atoms with Crippen LogP contribution in [0.5, 0.6) is 0 Å². The molecule has 0 saturated carbocycles. The van der Waals surface area contributed by atoms with Crippen LogP contribution in [-0.4, -0.2) is 37.0 Å². The van der Waals surface area contributed by atoms with Gasteiger partial charge in [-0.1, -0.05) is 24.6 Å². The van der Waals surface area contributed by atoms with Crippen molar-refractivity contribution in [3.8, 4) is 0 Å². The number of amides is 1. The van der Waals surface area contributed by atoms with Gasteiger partial charge in [0.1, 0.15) is 0 Å². The molecule has 1 aliphatic heterocycles. The molecule has 0 bridgehead atoms. The van der Waals surface area contributed by atoms with Crippen LogP contribution < -0.4 is 11.1 Å². The highest BCUT2D eigenvalue weighted by molar-refractivity contribution is 6.30. The Morgan fingerprint density at radius 1 is 1.58 bits per heavy atom. The highest BCUT2D eigenvalue weighted by Crippen LogP contribution is 2.28. The van der Waals surface area contributed by atoms with Gasteiger partial charge in [-0.3, -0.25) is 9.69 Å². The van der Waals surface area contributed by atoms with Gasteiger partial charge in [-0.2, -0.15) is 0 Å². The summed E-state index contributed by atoms with van der Waals surface area (Å²) in [4.78, 5) is 14.1. The lowest BCUT2D eigenvalue weighted by Crippen LogP contribution is -2.35. The number of nitrogens with two attached hydrogens (primary N) is 1. The summed E-state index contributed by atoms with van der Waals surface area (Å²) in [5.74, 6) is -0.0106. The second-order valence-electron chi connectivity index (χ2n) is 5.53. The Bertz CT molecular complexity index is 466. The predicted octanol–water partition coefficient (Wildman–Crippen LogP) is 1.95. The van der Waals surface area contributed by atoms with E-state index in [0.717, 1.165) is 25.2 Å². The SMILES string of the molecule is CC1(CN)CCN(CC(=O)Nc2cccc(Cl)c2)C1. The zero-order valence-electron chi connectivity index (χ0n) is 11.2. The molecule has 1 fully saturated rings. The Morgan fingerprint density at radius 3 is 3.00 bits per heavy atom. The average Bonchev–Trinajstić information content (AvgIpc) is 2.71. The molecule has 1 saturated heterocycles. The van der Waals surface area contributed by atoms with E-state index in [1.807, 2.05) is 12.1 Å². The first-order chi connectivity index (χ1) is 9.00. The summed E-state index contributed by atoms with van der Waals surface area (Å²) in [7, 11) is 0. The van der Waals surface area contributed by atoms with Gasteiger partial charge in [0.2, 0.25) is 5.91 Å². The first-order valence-electron chi connectivity index (χ1n) is 6.49. The van der Waals surface area contributed by atoms with E-state index in [0.29, 0.717) is 18.1 Å². The van der Waals surface area contributed by atoms with Crippen molar-refractivity contribution in [1.82, 2.24) is 4.90 Å². The maximum atomic E-state index is 12.0. The zero-order chi connectivity index (χ0) is 13.9. The predicted molar refractivity (Wildman–Crippen MR) is 78.3 cm³/mol. The second-order valence-corrected chi connectivity index (χ2v) is 5.97. The average molecular weight is 282 g/mol. The van der Waals surface area contributed by atoms with Crippen molar-refractivity contribution in [1.29, 1.82) is 0 Å². The molecule has 5 heteroatoms. The van der Waals surface area contributed by atoms with Crippen LogP contribution >= 0.6 is 11.6 Å². The largest absolute Gasteiger partial charge is 0.330 e. The van der Waals surface area contributed by atoms with Crippen molar-refractivity contribution in [2.75, 3.05) is 31.5 Å². The van der Waals surface area contributed by atoms with Crippen molar-refractivity contribution in [3.05, 3.63) is 29.3 Å². The lowest BCUT2D eigenvalue weighted by atomic mass is 9.90. The number of rotatable bonds is 4. The van der Waals surface area contributed by atoms with E-state index < -0.39 is 0 Å². The van der Waals surface area contributed by atoms with Crippen molar-refractivity contribution in [2.45, 2.75) is 13.3 Å². The maximum Gasteiger partial charge on any atom is 0.238 e. The van der Waals surface area contributed by atoms with Crippen molar-refractivity contribution in [2.24, 2.45) is 11.1 Å². The summed E-state index contributed by atoms with van der Waals surface area (Å²) < 4.78 is 0. The van der Waals surface area contributed by atoms with E-state index in [4.69, 9.17) is 17.3 Å². The van der Waals surface area contributed by atoms with Crippen molar-refractivity contribution < 1.29 is 4.79 Å². The standard InChI is InChI=1S/C14H20ClN3O/c1-14(9-16)5-6-18(10-14)8-13(19)17-12-4-2-3-11(15)7-12/h2-4,7H,5-6,8-10,16H2,1H3,(H,17,19). The monoisotopic (exact) mass is 281 g/mol. The second kappa shape index (κ2) is 5.90. The molecule has 1 heterocycles. The van der Waals surface area contributed by atoms with Crippen LogP contribution in [-0.2, 0) is 4.79 Å². The number of hydrogen-bond acceptors (Lipinski definition) is 3. The van der Waals surface area contributed by atoms with Crippen LogP contribution in [0.1, 0.15) is 13.3 Å². The first kappa shape index (κ1) is 14.3. The maximum absolute atomic E-state index is 12.0. The van der Waals surface area contributed by atoms with Crippen LogP contribution in [0, 0.1) is 5.41 Å².